The van der Waals surface area contributed by atoms with Crippen LogP contribution in [0.2, 0.25) is 0 Å². The Hall–Kier alpha value is -0.0300. The highest BCUT2D eigenvalue weighted by atomic mass is 79.9. The molecular formula is C8H14BrN3S. The molecule has 0 saturated carbocycles. The molecule has 0 fully saturated rings. The van der Waals surface area contributed by atoms with Gasteiger partial charge in [0.15, 0.2) is 5.16 Å². The second kappa shape index (κ2) is 6.43. The minimum absolute atomic E-state index is 0.787. The third kappa shape index (κ3) is 4.67. The molecule has 0 aliphatic rings. The van der Waals surface area contributed by atoms with Crippen LogP contribution in [0.5, 0.6) is 0 Å². The van der Waals surface area contributed by atoms with E-state index >= 15 is 0 Å². The van der Waals surface area contributed by atoms with E-state index in [0.717, 1.165) is 22.2 Å². The maximum absolute atomic E-state index is 4.05. The lowest BCUT2D eigenvalue weighted by molar-refractivity contribution is 0.555. The van der Waals surface area contributed by atoms with Gasteiger partial charge in [0.2, 0.25) is 0 Å². The topological polar surface area (TPSA) is 41.6 Å². The first-order valence-electron chi connectivity index (χ1n) is 4.37. The van der Waals surface area contributed by atoms with Gasteiger partial charge in [0.05, 0.1) is 0 Å². The number of thioether (sulfide) groups is 1. The molecule has 1 aromatic heterocycles. The van der Waals surface area contributed by atoms with Crippen molar-refractivity contribution in [3.8, 4) is 0 Å². The maximum atomic E-state index is 4.05. The molecule has 1 heterocycles. The molecule has 0 radical (unpaired) electrons. The molecule has 1 aromatic rings. The van der Waals surface area contributed by atoms with E-state index in [2.05, 4.69) is 38.0 Å². The van der Waals surface area contributed by atoms with Gasteiger partial charge in [-0.05, 0) is 18.8 Å². The Kier molecular flexibility index (Phi) is 5.46. The van der Waals surface area contributed by atoms with Gasteiger partial charge in [-0.25, -0.2) is 4.98 Å². The molecule has 13 heavy (non-hydrogen) atoms. The summed E-state index contributed by atoms with van der Waals surface area (Å²) >= 11 is 5.18. The van der Waals surface area contributed by atoms with Gasteiger partial charge in [-0.2, -0.15) is 5.10 Å². The summed E-state index contributed by atoms with van der Waals surface area (Å²) in [5.41, 5.74) is 0. The fraction of sp³-hybridized carbons (Fsp3) is 0.750. The summed E-state index contributed by atoms with van der Waals surface area (Å²) in [6.45, 7) is 2.28. The van der Waals surface area contributed by atoms with Gasteiger partial charge in [0, 0.05) is 11.1 Å². The van der Waals surface area contributed by atoms with E-state index in [1.54, 1.807) is 18.1 Å². The molecule has 1 atom stereocenters. The van der Waals surface area contributed by atoms with Crippen molar-refractivity contribution < 1.29 is 0 Å². The summed E-state index contributed by atoms with van der Waals surface area (Å²) in [5, 5.41) is 8.65. The van der Waals surface area contributed by atoms with Crippen LogP contribution in [-0.4, -0.2) is 26.3 Å². The predicted molar refractivity (Wildman–Crippen MR) is 59.3 cm³/mol. The van der Waals surface area contributed by atoms with Crippen molar-refractivity contribution in [1.82, 2.24) is 15.2 Å². The van der Waals surface area contributed by atoms with Crippen molar-refractivity contribution >= 4 is 27.7 Å². The number of rotatable bonds is 6. The quantitative estimate of drug-likeness (QED) is 0.634. The standard InChI is InChI=1S/C8H14BrN3S/c1-7(2-4-9)3-5-13-8-10-6-11-12-8/h6-7H,2-5H2,1H3,(H,10,11,12). The Labute approximate surface area is 91.2 Å². The van der Waals surface area contributed by atoms with E-state index in [9.17, 15) is 0 Å². The zero-order valence-corrected chi connectivity index (χ0v) is 10.1. The van der Waals surface area contributed by atoms with Crippen LogP contribution >= 0.6 is 27.7 Å². The van der Waals surface area contributed by atoms with Gasteiger partial charge < -0.3 is 0 Å². The van der Waals surface area contributed by atoms with Gasteiger partial charge in [-0.1, -0.05) is 34.6 Å². The number of halogens is 1. The van der Waals surface area contributed by atoms with Crippen LogP contribution in [0.15, 0.2) is 11.5 Å². The van der Waals surface area contributed by atoms with Crippen LogP contribution in [0, 0.1) is 5.92 Å². The number of nitrogens with zero attached hydrogens (tertiary/aromatic N) is 2. The summed E-state index contributed by atoms with van der Waals surface area (Å²) in [7, 11) is 0. The molecule has 0 aromatic carbocycles. The minimum Gasteiger partial charge on any atom is -0.254 e. The molecular weight excluding hydrogens is 250 g/mol. The fourth-order valence-electron chi connectivity index (χ4n) is 0.951. The Morgan fingerprint density at radius 2 is 2.46 bits per heavy atom. The van der Waals surface area contributed by atoms with Crippen molar-refractivity contribution in [1.29, 1.82) is 0 Å². The zero-order chi connectivity index (χ0) is 9.52. The largest absolute Gasteiger partial charge is 0.254 e. The molecule has 0 saturated heterocycles. The second-order valence-corrected chi connectivity index (χ2v) is 4.89. The number of aromatic nitrogens is 3. The number of alkyl halides is 1. The third-order valence-electron chi connectivity index (χ3n) is 1.84. The minimum atomic E-state index is 0.787. The van der Waals surface area contributed by atoms with E-state index in [-0.39, 0.29) is 0 Å². The van der Waals surface area contributed by atoms with E-state index in [1.807, 2.05) is 0 Å². The summed E-state index contributed by atoms with van der Waals surface area (Å²) < 4.78 is 0. The van der Waals surface area contributed by atoms with Gasteiger partial charge in [-0.15, -0.1) is 0 Å². The molecule has 0 spiro atoms. The molecule has 0 aliphatic heterocycles. The fourth-order valence-corrected chi connectivity index (χ4v) is 2.69. The van der Waals surface area contributed by atoms with Crippen LogP contribution in [0.4, 0.5) is 0 Å². The summed E-state index contributed by atoms with van der Waals surface area (Å²) in [6, 6.07) is 0. The van der Waals surface area contributed by atoms with E-state index in [1.165, 1.54) is 12.8 Å². The molecule has 0 amide bonds. The van der Waals surface area contributed by atoms with E-state index in [0.29, 0.717) is 0 Å². The first-order valence-corrected chi connectivity index (χ1v) is 6.47. The molecule has 0 bridgehead atoms. The highest BCUT2D eigenvalue weighted by molar-refractivity contribution is 9.09. The highest BCUT2D eigenvalue weighted by Crippen LogP contribution is 2.17. The molecule has 1 N–H and O–H groups in total. The summed E-state index contributed by atoms with van der Waals surface area (Å²) in [4.78, 5) is 4.05. The number of hydrogen-bond donors (Lipinski definition) is 1. The number of hydrogen-bond acceptors (Lipinski definition) is 3. The van der Waals surface area contributed by atoms with Crippen LogP contribution in [0.3, 0.4) is 0 Å². The van der Waals surface area contributed by atoms with Crippen molar-refractivity contribution in [2.45, 2.75) is 24.9 Å². The molecule has 5 heteroatoms. The molecule has 1 unspecified atom stereocenters. The van der Waals surface area contributed by atoms with Crippen LogP contribution in [0.1, 0.15) is 19.8 Å². The molecule has 0 aliphatic carbocycles. The number of aromatic amines is 1. The monoisotopic (exact) mass is 263 g/mol. The first kappa shape index (κ1) is 11.0. The van der Waals surface area contributed by atoms with E-state index in [4.69, 9.17) is 0 Å². The van der Waals surface area contributed by atoms with Crippen molar-refractivity contribution in [2.24, 2.45) is 5.92 Å². The van der Waals surface area contributed by atoms with Crippen molar-refractivity contribution in [2.75, 3.05) is 11.1 Å². The second-order valence-electron chi connectivity index (χ2n) is 3.01. The molecule has 3 nitrogen and oxygen atoms in total. The normalized spacial score (nSPS) is 13.1. The molecule has 1 rings (SSSR count). The van der Waals surface area contributed by atoms with Gasteiger partial charge in [0.25, 0.3) is 0 Å². The van der Waals surface area contributed by atoms with Gasteiger partial charge in [-0.3, -0.25) is 5.10 Å². The van der Waals surface area contributed by atoms with E-state index < -0.39 is 0 Å². The first-order chi connectivity index (χ1) is 6.33. The van der Waals surface area contributed by atoms with Crippen molar-refractivity contribution in [3.63, 3.8) is 0 Å². The average Bonchev–Trinajstić information content (AvgIpc) is 2.57. The van der Waals surface area contributed by atoms with Crippen LogP contribution in [0.25, 0.3) is 0 Å². The predicted octanol–water partition coefficient (Wildman–Crippen LogP) is 2.71. The summed E-state index contributed by atoms with van der Waals surface area (Å²) in [6.07, 6.45) is 4.03. The Bertz CT molecular complexity index is 215. The smallest absolute Gasteiger partial charge is 0.183 e. The zero-order valence-electron chi connectivity index (χ0n) is 7.66. The lowest BCUT2D eigenvalue weighted by Crippen LogP contribution is -1.97. The number of nitrogens with one attached hydrogen (secondary N) is 1. The van der Waals surface area contributed by atoms with Crippen LogP contribution < -0.4 is 0 Å². The summed E-state index contributed by atoms with van der Waals surface area (Å²) in [5.74, 6) is 1.90. The van der Waals surface area contributed by atoms with Gasteiger partial charge >= 0.3 is 0 Å². The Morgan fingerprint density at radius 1 is 1.62 bits per heavy atom. The Balaban J connectivity index is 2.07. The highest BCUT2D eigenvalue weighted by Gasteiger charge is 2.02. The maximum Gasteiger partial charge on any atom is 0.183 e. The molecule has 74 valence electrons. The average molecular weight is 264 g/mol. The van der Waals surface area contributed by atoms with Gasteiger partial charge in [0.1, 0.15) is 6.33 Å². The van der Waals surface area contributed by atoms with Crippen molar-refractivity contribution in [3.05, 3.63) is 6.33 Å². The van der Waals surface area contributed by atoms with Crippen LogP contribution in [-0.2, 0) is 0 Å². The lowest BCUT2D eigenvalue weighted by atomic mass is 10.1. The Morgan fingerprint density at radius 3 is 3.08 bits per heavy atom. The number of H-pyrrole nitrogens is 1. The third-order valence-corrected chi connectivity index (χ3v) is 3.21. The SMILES string of the molecule is CC(CCBr)CCSc1ncn[nH]1. The lowest BCUT2D eigenvalue weighted by Gasteiger charge is -2.07.